The van der Waals surface area contributed by atoms with Gasteiger partial charge in [0.2, 0.25) is 0 Å². The van der Waals surface area contributed by atoms with E-state index in [9.17, 15) is 5.11 Å². The number of aliphatic hydroxyl groups excluding tert-OH is 1. The highest BCUT2D eigenvalue weighted by Crippen LogP contribution is 2.29. The molecule has 0 spiro atoms. The average molecular weight is 312 g/mol. The summed E-state index contributed by atoms with van der Waals surface area (Å²) in [4.78, 5) is 2.38. The van der Waals surface area contributed by atoms with E-state index < -0.39 is 6.10 Å². The molecule has 1 fully saturated rings. The van der Waals surface area contributed by atoms with Crippen LogP contribution in [0.15, 0.2) is 30.3 Å². The molecule has 122 valence electrons. The molecule has 0 unspecified atom stereocenters. The van der Waals surface area contributed by atoms with Crippen LogP contribution in [-0.4, -0.2) is 44.4 Å². The Balaban J connectivity index is 1.43. The summed E-state index contributed by atoms with van der Waals surface area (Å²) < 4.78 is 2.32. The SMILES string of the molecule is O[C@H](CN1CCC[C@H](c2nnc3n2CCC3)C1)c1ccccc1. The number of hydrogen-bond acceptors (Lipinski definition) is 4. The van der Waals surface area contributed by atoms with E-state index >= 15 is 0 Å². The number of benzene rings is 1. The van der Waals surface area contributed by atoms with E-state index in [1.54, 1.807) is 0 Å². The van der Waals surface area contributed by atoms with Gasteiger partial charge in [0.15, 0.2) is 0 Å². The summed E-state index contributed by atoms with van der Waals surface area (Å²) in [5.41, 5.74) is 0.998. The van der Waals surface area contributed by atoms with Crippen molar-refractivity contribution >= 4 is 0 Å². The number of hydrogen-bond donors (Lipinski definition) is 1. The molecule has 4 rings (SSSR count). The molecular formula is C18H24N4O. The molecule has 0 bridgehead atoms. The molecule has 2 atom stereocenters. The van der Waals surface area contributed by atoms with E-state index in [0.717, 1.165) is 49.7 Å². The largest absolute Gasteiger partial charge is 0.387 e. The minimum Gasteiger partial charge on any atom is -0.387 e. The molecule has 1 saturated heterocycles. The van der Waals surface area contributed by atoms with E-state index in [-0.39, 0.29) is 0 Å². The first-order valence-corrected chi connectivity index (χ1v) is 8.68. The maximum atomic E-state index is 10.5. The van der Waals surface area contributed by atoms with Crippen LogP contribution >= 0.6 is 0 Å². The van der Waals surface area contributed by atoms with Crippen LogP contribution in [0.1, 0.15) is 48.5 Å². The second kappa shape index (κ2) is 6.42. The monoisotopic (exact) mass is 312 g/mol. The molecule has 1 aromatic carbocycles. The van der Waals surface area contributed by atoms with Crippen LogP contribution < -0.4 is 0 Å². The van der Waals surface area contributed by atoms with Crippen LogP contribution in [0.2, 0.25) is 0 Å². The molecule has 2 aliphatic heterocycles. The summed E-state index contributed by atoms with van der Waals surface area (Å²) in [6.45, 7) is 3.80. The van der Waals surface area contributed by atoms with Gasteiger partial charge in [-0.15, -0.1) is 10.2 Å². The van der Waals surface area contributed by atoms with Crippen LogP contribution in [0.3, 0.4) is 0 Å². The average Bonchev–Trinajstić information content (AvgIpc) is 3.19. The van der Waals surface area contributed by atoms with Gasteiger partial charge in [-0.3, -0.25) is 4.90 Å². The van der Waals surface area contributed by atoms with E-state index in [1.807, 2.05) is 30.3 Å². The van der Waals surface area contributed by atoms with E-state index in [0.29, 0.717) is 12.5 Å². The number of likely N-dealkylation sites (tertiary alicyclic amines) is 1. The van der Waals surface area contributed by atoms with Crippen molar-refractivity contribution in [2.45, 2.75) is 44.2 Å². The first kappa shape index (κ1) is 14.8. The van der Waals surface area contributed by atoms with Gasteiger partial charge in [-0.05, 0) is 31.4 Å². The Hall–Kier alpha value is -1.72. The van der Waals surface area contributed by atoms with Crippen molar-refractivity contribution in [3.63, 3.8) is 0 Å². The second-order valence-corrected chi connectivity index (χ2v) is 6.75. The highest BCUT2D eigenvalue weighted by Gasteiger charge is 2.29. The molecule has 5 nitrogen and oxygen atoms in total. The fraction of sp³-hybridized carbons (Fsp3) is 0.556. The molecule has 1 aromatic heterocycles. The Morgan fingerprint density at radius 2 is 2.00 bits per heavy atom. The molecule has 0 aliphatic carbocycles. The van der Waals surface area contributed by atoms with Crippen molar-refractivity contribution in [3.05, 3.63) is 47.5 Å². The Morgan fingerprint density at radius 3 is 2.87 bits per heavy atom. The number of β-amino-alcohol motifs (C(OH)–C–C–N with tert-alkyl or cyclic N) is 1. The van der Waals surface area contributed by atoms with Crippen molar-refractivity contribution in [2.75, 3.05) is 19.6 Å². The van der Waals surface area contributed by atoms with Crippen LogP contribution in [0.5, 0.6) is 0 Å². The first-order valence-electron chi connectivity index (χ1n) is 8.68. The summed E-state index contributed by atoms with van der Waals surface area (Å²) in [5, 5.41) is 19.3. The van der Waals surface area contributed by atoms with Crippen molar-refractivity contribution < 1.29 is 5.11 Å². The third kappa shape index (κ3) is 3.03. The Bertz CT molecular complexity index is 654. The van der Waals surface area contributed by atoms with Crippen LogP contribution in [-0.2, 0) is 13.0 Å². The number of fused-ring (bicyclic) bond motifs is 1. The van der Waals surface area contributed by atoms with Crippen LogP contribution in [0.25, 0.3) is 0 Å². The zero-order valence-corrected chi connectivity index (χ0v) is 13.4. The topological polar surface area (TPSA) is 54.2 Å². The third-order valence-electron chi connectivity index (χ3n) is 5.12. The highest BCUT2D eigenvalue weighted by molar-refractivity contribution is 5.17. The zero-order valence-electron chi connectivity index (χ0n) is 13.4. The molecule has 2 aliphatic rings. The number of nitrogens with zero attached hydrogens (tertiary/aromatic N) is 4. The summed E-state index contributed by atoms with van der Waals surface area (Å²) in [7, 11) is 0. The van der Waals surface area contributed by atoms with Gasteiger partial charge in [0.05, 0.1) is 6.10 Å². The smallest absolute Gasteiger partial charge is 0.137 e. The fourth-order valence-corrected chi connectivity index (χ4v) is 3.93. The summed E-state index contributed by atoms with van der Waals surface area (Å²) in [5.74, 6) is 2.77. The molecule has 3 heterocycles. The number of rotatable bonds is 4. The minimum atomic E-state index is -0.418. The Morgan fingerprint density at radius 1 is 1.13 bits per heavy atom. The predicted octanol–water partition coefficient (Wildman–Crippen LogP) is 2.14. The molecule has 0 saturated carbocycles. The fourth-order valence-electron chi connectivity index (χ4n) is 3.93. The highest BCUT2D eigenvalue weighted by atomic mass is 16.3. The van der Waals surface area contributed by atoms with Crippen molar-refractivity contribution in [1.29, 1.82) is 0 Å². The van der Waals surface area contributed by atoms with Crippen LogP contribution in [0, 0.1) is 0 Å². The summed E-state index contributed by atoms with van der Waals surface area (Å²) in [6.07, 6.45) is 4.18. The molecule has 23 heavy (non-hydrogen) atoms. The van der Waals surface area contributed by atoms with E-state index in [2.05, 4.69) is 19.7 Å². The molecule has 0 radical (unpaired) electrons. The molecular weight excluding hydrogens is 288 g/mol. The third-order valence-corrected chi connectivity index (χ3v) is 5.12. The molecule has 5 heteroatoms. The maximum absolute atomic E-state index is 10.5. The normalized spacial score (nSPS) is 22.9. The quantitative estimate of drug-likeness (QED) is 0.940. The van der Waals surface area contributed by atoms with Gasteiger partial charge in [0.25, 0.3) is 0 Å². The standard InChI is InChI=1S/C18H24N4O/c23-16(14-6-2-1-3-7-14)13-21-10-4-8-15(12-21)18-20-19-17-9-5-11-22(17)18/h1-3,6-7,15-16,23H,4-5,8-13H2/t15-,16+/m0/s1. The van der Waals surface area contributed by atoms with Gasteiger partial charge in [-0.2, -0.15) is 0 Å². The molecule has 0 amide bonds. The number of piperidine rings is 1. The van der Waals surface area contributed by atoms with Gasteiger partial charge in [-0.25, -0.2) is 0 Å². The van der Waals surface area contributed by atoms with Gasteiger partial charge in [-0.1, -0.05) is 30.3 Å². The lowest BCUT2D eigenvalue weighted by Gasteiger charge is -2.33. The lowest BCUT2D eigenvalue weighted by atomic mass is 9.96. The lowest BCUT2D eigenvalue weighted by molar-refractivity contribution is 0.0940. The van der Waals surface area contributed by atoms with Crippen molar-refractivity contribution in [1.82, 2.24) is 19.7 Å². The lowest BCUT2D eigenvalue weighted by Crippen LogP contribution is -2.38. The van der Waals surface area contributed by atoms with Gasteiger partial charge in [0.1, 0.15) is 11.6 Å². The second-order valence-electron chi connectivity index (χ2n) is 6.75. The van der Waals surface area contributed by atoms with Crippen LogP contribution in [0.4, 0.5) is 0 Å². The zero-order chi connectivity index (χ0) is 15.6. The predicted molar refractivity (Wildman–Crippen MR) is 88.2 cm³/mol. The maximum Gasteiger partial charge on any atom is 0.137 e. The van der Waals surface area contributed by atoms with E-state index in [1.165, 1.54) is 12.8 Å². The van der Waals surface area contributed by atoms with E-state index in [4.69, 9.17) is 0 Å². The molecule has 2 aromatic rings. The Kier molecular flexibility index (Phi) is 4.14. The van der Waals surface area contributed by atoms with Gasteiger partial charge < -0.3 is 9.67 Å². The van der Waals surface area contributed by atoms with Crippen molar-refractivity contribution in [2.24, 2.45) is 0 Å². The van der Waals surface area contributed by atoms with Crippen molar-refractivity contribution in [3.8, 4) is 0 Å². The number of aliphatic hydroxyl groups is 1. The summed E-state index contributed by atoms with van der Waals surface area (Å²) in [6, 6.07) is 9.95. The minimum absolute atomic E-state index is 0.418. The molecule has 1 N–H and O–H groups in total. The summed E-state index contributed by atoms with van der Waals surface area (Å²) >= 11 is 0. The number of aromatic nitrogens is 3. The Labute approximate surface area is 137 Å². The first-order chi connectivity index (χ1) is 11.3. The van der Waals surface area contributed by atoms with Gasteiger partial charge in [0, 0.05) is 32.0 Å². The van der Waals surface area contributed by atoms with Gasteiger partial charge >= 0.3 is 0 Å². The number of aryl methyl sites for hydroxylation is 1.